The Morgan fingerprint density at radius 1 is 1.35 bits per heavy atom. The van der Waals surface area contributed by atoms with Gasteiger partial charge in [0, 0.05) is 0 Å². The zero-order valence-corrected chi connectivity index (χ0v) is 21.6. The van der Waals surface area contributed by atoms with E-state index in [2.05, 4.69) is 11.0 Å². The molecule has 1 saturated heterocycles. The molecule has 15 heteroatoms. The van der Waals surface area contributed by atoms with Gasteiger partial charge < -0.3 is 19.1 Å². The third-order valence-corrected chi connectivity index (χ3v) is 6.95. The summed E-state index contributed by atoms with van der Waals surface area (Å²) < 4.78 is 41.1. The summed E-state index contributed by atoms with van der Waals surface area (Å²) in [6, 6.07) is 7.85. The predicted octanol–water partition coefficient (Wildman–Crippen LogP) is 1.36. The number of hydrogen-bond donors (Lipinski definition) is 2. The lowest BCUT2D eigenvalue weighted by Gasteiger charge is -2.25. The van der Waals surface area contributed by atoms with Gasteiger partial charge in [0.2, 0.25) is 0 Å². The molecule has 200 valence electrons. The van der Waals surface area contributed by atoms with E-state index >= 15 is 0 Å². The number of rotatable bonds is 10. The summed E-state index contributed by atoms with van der Waals surface area (Å²) in [5.74, 6) is 1.44. The van der Waals surface area contributed by atoms with Gasteiger partial charge in [0.15, 0.2) is 17.2 Å². The number of ether oxygens (including phenoxy) is 2. The molecule has 1 aliphatic heterocycles. The lowest BCUT2D eigenvalue weighted by atomic mass is 10.00. The highest BCUT2D eigenvalue weighted by atomic mass is 35.5. The Balaban J connectivity index is 1.84. The van der Waals surface area contributed by atoms with Gasteiger partial charge in [-0.25, -0.2) is 14.2 Å². The molecule has 1 aliphatic rings. The van der Waals surface area contributed by atoms with Crippen LogP contribution < -0.4 is 15.8 Å². The summed E-state index contributed by atoms with van der Waals surface area (Å²) in [5, 5.41) is 14.5. The Labute approximate surface area is 216 Å². The van der Waals surface area contributed by atoms with Crippen molar-refractivity contribution >= 4 is 25.4 Å². The molecule has 3 rings (SSSR count). The van der Waals surface area contributed by atoms with Crippen molar-refractivity contribution in [1.82, 2.24) is 14.8 Å². The number of para-hydroxylation sites is 1. The van der Waals surface area contributed by atoms with Crippen LogP contribution in [-0.2, 0) is 27.9 Å². The highest BCUT2D eigenvalue weighted by molar-refractivity contribution is 7.49. The number of carbonyl (C=O) groups is 1. The third-order valence-electron chi connectivity index (χ3n) is 4.95. The van der Waals surface area contributed by atoms with Gasteiger partial charge in [-0.15, -0.1) is 6.42 Å². The molecule has 1 aromatic carbocycles. The molecular weight excluding hydrogens is 533 g/mol. The van der Waals surface area contributed by atoms with Crippen LogP contribution in [-0.4, -0.2) is 61.7 Å². The van der Waals surface area contributed by atoms with Gasteiger partial charge in [-0.05, 0) is 32.9 Å². The molecule has 0 saturated carbocycles. The van der Waals surface area contributed by atoms with Crippen molar-refractivity contribution in [3.8, 4) is 18.1 Å². The van der Waals surface area contributed by atoms with Crippen molar-refractivity contribution in [1.29, 1.82) is 0 Å². The molecule has 1 fully saturated rings. The number of nitrogens with zero attached hydrogens (tertiary/aromatic N) is 2. The summed E-state index contributed by atoms with van der Waals surface area (Å²) in [4.78, 5) is 35.8. The van der Waals surface area contributed by atoms with E-state index in [4.69, 9.17) is 41.1 Å². The average molecular weight is 558 g/mol. The van der Waals surface area contributed by atoms with Crippen molar-refractivity contribution in [3.63, 3.8) is 0 Å². The normalized spacial score (nSPS) is 25.7. The number of phosphoric ester groups is 1. The number of hydrogen-bond acceptors (Lipinski definition) is 11. The number of phosphoric acid groups is 1. The first-order valence-corrected chi connectivity index (χ1v) is 12.8. The predicted molar refractivity (Wildman–Crippen MR) is 129 cm³/mol. The number of aliphatic hydroxyl groups is 1. The molecule has 37 heavy (non-hydrogen) atoms. The second kappa shape index (κ2) is 11.6. The standard InChI is InChI=1S/C22H25ClN3O10P/c1-5-22(23)18(28)16(34-20(22)26-21(30)25-17(27)11-24-26)12-32-37(31,36-15-9-7-6-8-10-15)35-14(4)19(29)33-13(2)3/h1,6-11,13-14,16,18,20,28H,12H2,2-4H3,(H,25,27,30)/t14-,16+,18?,20+,22+,37-/m0/s1. The van der Waals surface area contributed by atoms with Gasteiger partial charge in [0.1, 0.15) is 24.2 Å². The Morgan fingerprint density at radius 2 is 2.03 bits per heavy atom. The van der Waals surface area contributed by atoms with Crippen LogP contribution in [0.2, 0.25) is 0 Å². The monoisotopic (exact) mass is 557 g/mol. The van der Waals surface area contributed by atoms with Crippen LogP contribution in [0.1, 0.15) is 27.0 Å². The molecule has 0 amide bonds. The van der Waals surface area contributed by atoms with E-state index in [1.165, 1.54) is 19.1 Å². The first-order chi connectivity index (χ1) is 17.4. The van der Waals surface area contributed by atoms with Gasteiger partial charge >= 0.3 is 19.5 Å². The molecule has 0 aliphatic carbocycles. The minimum absolute atomic E-state index is 0.0975. The molecule has 0 radical (unpaired) electrons. The number of esters is 1. The van der Waals surface area contributed by atoms with Crippen LogP contribution >= 0.6 is 19.4 Å². The van der Waals surface area contributed by atoms with Crippen molar-refractivity contribution in [2.75, 3.05) is 6.61 Å². The van der Waals surface area contributed by atoms with Gasteiger partial charge in [0.25, 0.3) is 5.56 Å². The summed E-state index contributed by atoms with van der Waals surface area (Å²) in [6.07, 6.45) is -0.0832. The molecule has 13 nitrogen and oxygen atoms in total. The summed E-state index contributed by atoms with van der Waals surface area (Å²) in [6.45, 7) is 3.89. The molecule has 2 N–H and O–H groups in total. The minimum atomic E-state index is -4.55. The molecule has 2 heterocycles. The molecule has 6 atom stereocenters. The first kappa shape index (κ1) is 28.6. The highest BCUT2D eigenvalue weighted by Gasteiger charge is 2.57. The van der Waals surface area contributed by atoms with E-state index in [9.17, 15) is 24.1 Å². The van der Waals surface area contributed by atoms with E-state index in [0.717, 1.165) is 6.20 Å². The fraction of sp³-hybridized carbons (Fsp3) is 0.455. The van der Waals surface area contributed by atoms with E-state index in [-0.39, 0.29) is 5.75 Å². The number of nitrogens with one attached hydrogen (secondary N) is 1. The summed E-state index contributed by atoms with van der Waals surface area (Å²) in [5.41, 5.74) is -1.77. The zero-order chi connectivity index (χ0) is 27.4. The van der Waals surface area contributed by atoms with E-state index in [1.54, 1.807) is 32.0 Å². The zero-order valence-electron chi connectivity index (χ0n) is 20.0. The quantitative estimate of drug-likeness (QED) is 0.187. The average Bonchev–Trinajstić information content (AvgIpc) is 3.08. The molecule has 2 aromatic rings. The van der Waals surface area contributed by atoms with Crippen LogP contribution in [0.3, 0.4) is 0 Å². The SMILES string of the molecule is C#C[C@@]1(Cl)C(O)[C@@H](CO[P@](=O)(Oc2ccccc2)O[C@@H](C)C(=O)OC(C)C)O[C@H]1n1ncc(=O)[nH]c1=O. The number of aromatic amines is 1. The maximum absolute atomic E-state index is 13.5. The second-order valence-corrected chi connectivity index (χ2v) is 10.3. The first-order valence-electron chi connectivity index (χ1n) is 10.9. The van der Waals surface area contributed by atoms with Crippen LogP contribution in [0.5, 0.6) is 5.75 Å². The highest BCUT2D eigenvalue weighted by Crippen LogP contribution is 2.52. The fourth-order valence-electron chi connectivity index (χ4n) is 3.23. The largest absolute Gasteiger partial charge is 0.530 e. The summed E-state index contributed by atoms with van der Waals surface area (Å²) >= 11 is 6.42. The summed E-state index contributed by atoms with van der Waals surface area (Å²) in [7, 11) is -4.55. The van der Waals surface area contributed by atoms with Crippen molar-refractivity contribution in [2.45, 2.75) is 56.3 Å². The van der Waals surface area contributed by atoms with Crippen molar-refractivity contribution in [3.05, 3.63) is 57.4 Å². The van der Waals surface area contributed by atoms with Crippen LogP contribution in [0.4, 0.5) is 0 Å². The molecular formula is C22H25ClN3O10P. The van der Waals surface area contributed by atoms with Gasteiger partial charge in [-0.2, -0.15) is 9.78 Å². The Bertz CT molecular complexity index is 1310. The van der Waals surface area contributed by atoms with Gasteiger partial charge in [-0.3, -0.25) is 18.8 Å². The second-order valence-electron chi connectivity index (χ2n) is 8.15. The number of benzene rings is 1. The van der Waals surface area contributed by atoms with Crippen LogP contribution in [0.25, 0.3) is 0 Å². The van der Waals surface area contributed by atoms with Crippen molar-refractivity contribution < 1.29 is 37.5 Å². The lowest BCUT2D eigenvalue weighted by Crippen LogP contribution is -2.45. The number of H-pyrrole nitrogens is 1. The maximum atomic E-state index is 13.5. The molecule has 1 unspecified atom stereocenters. The lowest BCUT2D eigenvalue weighted by molar-refractivity contribution is -0.156. The van der Waals surface area contributed by atoms with E-state index in [1.807, 2.05) is 4.98 Å². The number of carbonyl (C=O) groups excluding carboxylic acids is 1. The molecule has 0 bridgehead atoms. The number of aromatic nitrogens is 3. The minimum Gasteiger partial charge on any atom is -0.461 e. The molecule has 0 spiro atoms. The number of alkyl halides is 1. The van der Waals surface area contributed by atoms with Crippen LogP contribution in [0, 0.1) is 12.3 Å². The topological polar surface area (TPSA) is 168 Å². The maximum Gasteiger partial charge on any atom is 0.530 e. The number of halogens is 1. The van der Waals surface area contributed by atoms with E-state index in [0.29, 0.717) is 4.68 Å². The van der Waals surface area contributed by atoms with Crippen LogP contribution in [0.15, 0.2) is 46.1 Å². The number of aliphatic hydroxyl groups excluding tert-OH is 1. The Morgan fingerprint density at radius 3 is 2.62 bits per heavy atom. The smallest absolute Gasteiger partial charge is 0.461 e. The third kappa shape index (κ3) is 6.67. The molecule has 1 aromatic heterocycles. The Kier molecular flexibility index (Phi) is 8.96. The Hall–Kier alpha value is -2.98. The fourth-order valence-corrected chi connectivity index (χ4v) is 4.85. The van der Waals surface area contributed by atoms with Gasteiger partial charge in [0.05, 0.1) is 12.7 Å². The number of terminal acetylenes is 1. The van der Waals surface area contributed by atoms with E-state index < -0.39 is 67.2 Å². The van der Waals surface area contributed by atoms with Gasteiger partial charge in [-0.1, -0.05) is 35.7 Å². The van der Waals surface area contributed by atoms with Crippen molar-refractivity contribution in [2.24, 2.45) is 0 Å².